The van der Waals surface area contributed by atoms with Crippen molar-refractivity contribution in [1.29, 1.82) is 0 Å². The molecule has 0 radical (unpaired) electrons. The number of pyridine rings is 1. The zero-order valence-corrected chi connectivity index (χ0v) is 12.1. The van der Waals surface area contributed by atoms with Gasteiger partial charge in [0.05, 0.1) is 22.7 Å². The molecule has 0 unspecified atom stereocenters. The van der Waals surface area contributed by atoms with Crippen LogP contribution in [-0.4, -0.2) is 14.8 Å². The highest BCUT2D eigenvalue weighted by atomic mass is 79.9. The molecule has 3 rings (SSSR count). The van der Waals surface area contributed by atoms with Crippen molar-refractivity contribution in [2.24, 2.45) is 0 Å². The summed E-state index contributed by atoms with van der Waals surface area (Å²) in [4.78, 5) is 4.49. The molecular formula is C14H13BrN4. The maximum Gasteiger partial charge on any atom is 0.136 e. The predicted octanol–water partition coefficient (Wildman–Crippen LogP) is 3.13. The molecule has 0 amide bonds. The van der Waals surface area contributed by atoms with Gasteiger partial charge in [0.2, 0.25) is 0 Å². The van der Waals surface area contributed by atoms with Gasteiger partial charge in [0, 0.05) is 11.1 Å². The number of aryl methyl sites for hydroxylation is 1. The number of nitrogens with zero attached hydrogens (tertiary/aromatic N) is 3. The molecule has 0 saturated heterocycles. The number of anilines is 1. The Morgan fingerprint density at radius 3 is 2.84 bits per heavy atom. The van der Waals surface area contributed by atoms with Crippen LogP contribution in [0.3, 0.4) is 0 Å². The number of benzene rings is 1. The molecule has 19 heavy (non-hydrogen) atoms. The van der Waals surface area contributed by atoms with Crippen molar-refractivity contribution < 1.29 is 0 Å². The van der Waals surface area contributed by atoms with Crippen LogP contribution in [0.2, 0.25) is 0 Å². The van der Waals surface area contributed by atoms with E-state index in [1.165, 1.54) is 0 Å². The largest absolute Gasteiger partial charge is 0.383 e. The Morgan fingerprint density at radius 1 is 1.26 bits per heavy atom. The normalized spacial score (nSPS) is 11.1. The molecule has 4 nitrogen and oxygen atoms in total. The molecule has 0 aliphatic carbocycles. The lowest BCUT2D eigenvalue weighted by atomic mass is 10.1. The smallest absolute Gasteiger partial charge is 0.136 e. The summed E-state index contributed by atoms with van der Waals surface area (Å²) in [6, 6.07) is 10.3. The molecule has 3 aromatic rings. The second-order valence-corrected chi connectivity index (χ2v) is 5.37. The molecule has 96 valence electrons. The van der Waals surface area contributed by atoms with E-state index in [0.29, 0.717) is 12.4 Å². The number of hydrogen-bond acceptors (Lipinski definition) is 3. The first-order valence-electron chi connectivity index (χ1n) is 5.96. The van der Waals surface area contributed by atoms with E-state index in [1.807, 2.05) is 19.1 Å². The lowest BCUT2D eigenvalue weighted by Gasteiger charge is -2.06. The number of fused-ring (bicyclic) bond motifs is 1. The van der Waals surface area contributed by atoms with Gasteiger partial charge in [-0.15, -0.1) is 0 Å². The molecule has 2 heterocycles. The SMILES string of the molecule is Cc1ccc2cc(Cn3ncc(Br)c3N)ccc2n1. The quantitative estimate of drug-likeness (QED) is 0.790. The lowest BCUT2D eigenvalue weighted by Crippen LogP contribution is -2.05. The first kappa shape index (κ1) is 12.2. The van der Waals surface area contributed by atoms with Crippen LogP contribution in [0.15, 0.2) is 41.0 Å². The van der Waals surface area contributed by atoms with E-state index in [1.54, 1.807) is 10.9 Å². The number of hydrogen-bond donors (Lipinski definition) is 1. The predicted molar refractivity (Wildman–Crippen MR) is 79.9 cm³/mol. The Balaban J connectivity index is 1.97. The van der Waals surface area contributed by atoms with Gasteiger partial charge in [0.15, 0.2) is 0 Å². The number of nitrogens with two attached hydrogens (primary N) is 1. The zero-order chi connectivity index (χ0) is 13.4. The van der Waals surface area contributed by atoms with Crippen molar-refractivity contribution in [3.63, 3.8) is 0 Å². The Morgan fingerprint density at radius 2 is 2.11 bits per heavy atom. The van der Waals surface area contributed by atoms with Gasteiger partial charge in [-0.05, 0) is 46.6 Å². The monoisotopic (exact) mass is 316 g/mol. The molecule has 0 atom stereocenters. The average molecular weight is 317 g/mol. The third-order valence-electron chi connectivity index (χ3n) is 3.06. The summed E-state index contributed by atoms with van der Waals surface area (Å²) in [5.74, 6) is 0.641. The van der Waals surface area contributed by atoms with Gasteiger partial charge in [-0.25, -0.2) is 4.68 Å². The van der Waals surface area contributed by atoms with E-state index in [9.17, 15) is 0 Å². The summed E-state index contributed by atoms with van der Waals surface area (Å²) >= 11 is 3.36. The van der Waals surface area contributed by atoms with Crippen molar-refractivity contribution in [3.8, 4) is 0 Å². The highest BCUT2D eigenvalue weighted by molar-refractivity contribution is 9.10. The molecule has 0 fully saturated rings. The van der Waals surface area contributed by atoms with Crippen LogP contribution in [-0.2, 0) is 6.54 Å². The standard InChI is InChI=1S/C14H13BrN4/c1-9-2-4-11-6-10(3-5-13(11)18-9)8-19-14(16)12(15)7-17-19/h2-7H,8,16H2,1H3. The Labute approximate surface area is 119 Å². The second kappa shape index (κ2) is 4.66. The van der Waals surface area contributed by atoms with E-state index in [-0.39, 0.29) is 0 Å². The summed E-state index contributed by atoms with van der Waals surface area (Å²) in [6.07, 6.45) is 1.71. The minimum Gasteiger partial charge on any atom is -0.383 e. The average Bonchev–Trinajstić information content (AvgIpc) is 2.71. The van der Waals surface area contributed by atoms with E-state index in [2.05, 4.69) is 44.2 Å². The summed E-state index contributed by atoms with van der Waals surface area (Å²) in [5, 5.41) is 5.37. The molecule has 0 aliphatic rings. The minimum absolute atomic E-state index is 0.641. The van der Waals surface area contributed by atoms with Gasteiger partial charge in [-0.1, -0.05) is 12.1 Å². The van der Waals surface area contributed by atoms with Crippen LogP contribution in [0, 0.1) is 6.92 Å². The maximum absolute atomic E-state index is 5.92. The number of nitrogen functional groups attached to an aromatic ring is 1. The van der Waals surface area contributed by atoms with Gasteiger partial charge < -0.3 is 5.73 Å². The Bertz CT molecular complexity index is 748. The van der Waals surface area contributed by atoms with Crippen LogP contribution in [0.5, 0.6) is 0 Å². The fourth-order valence-corrected chi connectivity index (χ4v) is 2.34. The summed E-state index contributed by atoms with van der Waals surface area (Å²) < 4.78 is 2.60. The molecule has 0 aliphatic heterocycles. The van der Waals surface area contributed by atoms with Crippen LogP contribution in [0.1, 0.15) is 11.3 Å². The van der Waals surface area contributed by atoms with Crippen molar-refractivity contribution >= 4 is 32.7 Å². The molecule has 0 saturated carbocycles. The second-order valence-electron chi connectivity index (χ2n) is 4.52. The van der Waals surface area contributed by atoms with Crippen LogP contribution < -0.4 is 5.73 Å². The highest BCUT2D eigenvalue weighted by Crippen LogP contribution is 2.20. The number of aromatic nitrogens is 3. The van der Waals surface area contributed by atoms with Crippen molar-refractivity contribution in [2.75, 3.05) is 5.73 Å². The molecule has 0 bridgehead atoms. The van der Waals surface area contributed by atoms with Crippen molar-refractivity contribution in [2.45, 2.75) is 13.5 Å². The fourth-order valence-electron chi connectivity index (χ4n) is 2.05. The highest BCUT2D eigenvalue weighted by Gasteiger charge is 2.05. The third kappa shape index (κ3) is 2.33. The molecule has 1 aromatic carbocycles. The number of rotatable bonds is 2. The number of halogens is 1. The zero-order valence-electron chi connectivity index (χ0n) is 10.5. The van der Waals surface area contributed by atoms with Crippen molar-refractivity contribution in [3.05, 3.63) is 52.3 Å². The first-order valence-corrected chi connectivity index (χ1v) is 6.76. The van der Waals surface area contributed by atoms with Crippen LogP contribution in [0.4, 0.5) is 5.82 Å². The molecular weight excluding hydrogens is 304 g/mol. The van der Waals surface area contributed by atoms with Gasteiger partial charge >= 0.3 is 0 Å². The summed E-state index contributed by atoms with van der Waals surface area (Å²) in [5.41, 5.74) is 9.12. The minimum atomic E-state index is 0.641. The van der Waals surface area contributed by atoms with Crippen molar-refractivity contribution in [1.82, 2.24) is 14.8 Å². The van der Waals surface area contributed by atoms with Crippen LogP contribution >= 0.6 is 15.9 Å². The Hall–Kier alpha value is -1.88. The van der Waals surface area contributed by atoms with E-state index in [4.69, 9.17) is 5.73 Å². The lowest BCUT2D eigenvalue weighted by molar-refractivity contribution is 0.697. The first-order chi connectivity index (χ1) is 9.13. The van der Waals surface area contributed by atoms with E-state index >= 15 is 0 Å². The van der Waals surface area contributed by atoms with Gasteiger partial charge in [-0.3, -0.25) is 4.98 Å². The van der Waals surface area contributed by atoms with Gasteiger partial charge in [0.25, 0.3) is 0 Å². The molecule has 5 heteroatoms. The molecule has 2 N–H and O–H groups in total. The summed E-state index contributed by atoms with van der Waals surface area (Å²) in [7, 11) is 0. The Kier molecular flexibility index (Phi) is 2.98. The molecule has 0 spiro atoms. The van der Waals surface area contributed by atoms with E-state index in [0.717, 1.165) is 26.6 Å². The maximum atomic E-state index is 5.92. The van der Waals surface area contributed by atoms with Crippen LogP contribution in [0.25, 0.3) is 10.9 Å². The third-order valence-corrected chi connectivity index (χ3v) is 3.67. The summed E-state index contributed by atoms with van der Waals surface area (Å²) in [6.45, 7) is 2.65. The van der Waals surface area contributed by atoms with Gasteiger partial charge in [-0.2, -0.15) is 5.10 Å². The van der Waals surface area contributed by atoms with E-state index < -0.39 is 0 Å². The fraction of sp³-hybridized carbons (Fsp3) is 0.143. The molecule has 2 aromatic heterocycles. The topological polar surface area (TPSA) is 56.7 Å². The van der Waals surface area contributed by atoms with Gasteiger partial charge in [0.1, 0.15) is 5.82 Å².